The van der Waals surface area contributed by atoms with Gasteiger partial charge in [0.15, 0.2) is 0 Å². The Morgan fingerprint density at radius 3 is 2.53 bits per heavy atom. The van der Waals surface area contributed by atoms with Gasteiger partial charge in [-0.25, -0.2) is 0 Å². The van der Waals surface area contributed by atoms with E-state index < -0.39 is 12.0 Å². The summed E-state index contributed by atoms with van der Waals surface area (Å²) in [7, 11) is 1.61. The lowest BCUT2D eigenvalue weighted by Gasteiger charge is -2.14. The van der Waals surface area contributed by atoms with Crippen molar-refractivity contribution in [3.05, 3.63) is 48.0 Å². The predicted molar refractivity (Wildman–Crippen MR) is 72.7 cm³/mol. The highest BCUT2D eigenvalue weighted by molar-refractivity contribution is 5.86. The summed E-state index contributed by atoms with van der Waals surface area (Å²) in [5, 5.41) is 14.5. The number of hydrogen-bond donors (Lipinski definition) is 3. The molecule has 0 spiro atoms. The maximum atomic E-state index is 11.1. The van der Waals surface area contributed by atoms with Gasteiger partial charge in [0, 0.05) is 6.54 Å². The van der Waals surface area contributed by atoms with Crippen LogP contribution < -0.4 is 10.6 Å². The molecule has 102 valence electrons. The third-order valence-electron chi connectivity index (χ3n) is 2.83. The molecule has 0 aliphatic carbocycles. The first-order valence-corrected chi connectivity index (χ1v) is 5.95. The van der Waals surface area contributed by atoms with Crippen LogP contribution in [0.3, 0.4) is 0 Å². The number of rotatable bonds is 7. The molecule has 1 rings (SSSR count). The fourth-order valence-corrected chi connectivity index (χ4v) is 1.72. The van der Waals surface area contributed by atoms with Gasteiger partial charge in [-0.3, -0.25) is 9.59 Å². The molecule has 1 aromatic carbocycles. The summed E-state index contributed by atoms with van der Waals surface area (Å²) in [6.07, 6.45) is 1.57. The minimum atomic E-state index is -0.896. The Morgan fingerprint density at radius 1 is 1.37 bits per heavy atom. The molecule has 0 unspecified atom stereocenters. The average molecular weight is 262 g/mol. The summed E-state index contributed by atoms with van der Waals surface area (Å²) < 4.78 is 0. The smallest absolute Gasteiger partial charge is 0.321 e. The molecule has 0 saturated carbocycles. The summed E-state index contributed by atoms with van der Waals surface area (Å²) in [5.74, 6) is -1.15. The molecule has 0 aromatic heterocycles. The first-order chi connectivity index (χ1) is 9.08. The van der Waals surface area contributed by atoms with Gasteiger partial charge in [-0.1, -0.05) is 30.8 Å². The number of hydrogen-bond acceptors (Lipinski definition) is 3. The Hall–Kier alpha value is -2.14. The summed E-state index contributed by atoms with van der Waals surface area (Å²) in [6, 6.07) is 6.79. The quantitative estimate of drug-likeness (QED) is 0.632. The number of carbonyl (C=O) groups excluding carboxylic acids is 1. The molecule has 0 fully saturated rings. The highest BCUT2D eigenvalue weighted by Crippen LogP contribution is 2.11. The second-order valence-corrected chi connectivity index (χ2v) is 4.07. The van der Waals surface area contributed by atoms with Crippen molar-refractivity contribution in [3.8, 4) is 0 Å². The summed E-state index contributed by atoms with van der Waals surface area (Å²) in [6.45, 7) is 3.74. The van der Waals surface area contributed by atoms with Crippen LogP contribution in [0.2, 0.25) is 0 Å². The Balaban J connectivity index is 2.80. The van der Waals surface area contributed by atoms with E-state index in [1.807, 2.05) is 24.3 Å². The van der Waals surface area contributed by atoms with Crippen molar-refractivity contribution >= 4 is 11.9 Å². The van der Waals surface area contributed by atoms with E-state index in [9.17, 15) is 9.59 Å². The molecule has 0 aliphatic rings. The van der Waals surface area contributed by atoms with Gasteiger partial charge < -0.3 is 15.7 Å². The molecule has 0 radical (unpaired) electrons. The molecule has 0 bridgehead atoms. The molecule has 1 aromatic rings. The topological polar surface area (TPSA) is 78.4 Å². The first kappa shape index (κ1) is 14.9. The predicted octanol–water partition coefficient (Wildman–Crippen LogP) is 0.704. The summed E-state index contributed by atoms with van der Waals surface area (Å²) in [4.78, 5) is 22.2. The molecule has 0 heterocycles. The number of aliphatic carboxylic acids is 1. The zero-order chi connectivity index (χ0) is 14.3. The van der Waals surface area contributed by atoms with Gasteiger partial charge in [0.25, 0.3) is 0 Å². The van der Waals surface area contributed by atoms with Crippen LogP contribution in [0.1, 0.15) is 11.1 Å². The van der Waals surface area contributed by atoms with Crippen LogP contribution in [0, 0.1) is 0 Å². The van der Waals surface area contributed by atoms with Crippen molar-refractivity contribution in [2.24, 2.45) is 0 Å². The van der Waals surface area contributed by atoms with E-state index in [2.05, 4.69) is 17.2 Å². The fourth-order valence-electron chi connectivity index (χ4n) is 1.72. The number of carboxylic acid groups (broad SMARTS) is 1. The van der Waals surface area contributed by atoms with Crippen LogP contribution in [0.25, 0.3) is 0 Å². The lowest BCUT2D eigenvalue weighted by atomic mass is 10.00. The third kappa shape index (κ3) is 4.56. The molecule has 19 heavy (non-hydrogen) atoms. The second kappa shape index (κ2) is 7.33. The van der Waals surface area contributed by atoms with E-state index in [1.165, 1.54) is 6.08 Å². The van der Waals surface area contributed by atoms with Gasteiger partial charge in [0.2, 0.25) is 5.91 Å². The minimum absolute atomic E-state index is 0.252. The molecule has 5 nitrogen and oxygen atoms in total. The third-order valence-corrected chi connectivity index (χ3v) is 2.83. The maximum absolute atomic E-state index is 11.1. The van der Waals surface area contributed by atoms with Gasteiger partial charge in [0.1, 0.15) is 6.04 Å². The van der Waals surface area contributed by atoms with E-state index >= 15 is 0 Å². The zero-order valence-electron chi connectivity index (χ0n) is 10.8. The van der Waals surface area contributed by atoms with E-state index in [0.717, 1.165) is 11.1 Å². The van der Waals surface area contributed by atoms with Crippen LogP contribution >= 0.6 is 0 Å². The maximum Gasteiger partial charge on any atom is 0.321 e. The molecule has 0 saturated heterocycles. The SMILES string of the molecule is C=CC(=O)NCc1ccccc1C[C@@H](NC)C(=O)O. The molecule has 1 amide bonds. The van der Waals surface area contributed by atoms with Gasteiger partial charge >= 0.3 is 5.97 Å². The average Bonchev–Trinajstić information content (AvgIpc) is 2.42. The molecule has 3 N–H and O–H groups in total. The molecular weight excluding hydrogens is 244 g/mol. The Bertz CT molecular complexity index is 472. The van der Waals surface area contributed by atoms with E-state index in [4.69, 9.17) is 5.11 Å². The molecule has 0 aliphatic heterocycles. The van der Waals surface area contributed by atoms with Crippen LogP contribution in [0.15, 0.2) is 36.9 Å². The van der Waals surface area contributed by atoms with Crippen LogP contribution in [0.4, 0.5) is 0 Å². The lowest BCUT2D eigenvalue weighted by molar-refractivity contribution is -0.139. The number of benzene rings is 1. The zero-order valence-corrected chi connectivity index (χ0v) is 10.8. The molecular formula is C14H18N2O3. The molecule has 1 atom stereocenters. The standard InChI is InChI=1S/C14H18N2O3/c1-3-13(17)16-9-11-7-5-4-6-10(11)8-12(15-2)14(18)19/h3-7,12,15H,1,8-9H2,2H3,(H,16,17)(H,18,19)/t12-/m1/s1. The highest BCUT2D eigenvalue weighted by atomic mass is 16.4. The number of nitrogens with one attached hydrogen (secondary N) is 2. The largest absolute Gasteiger partial charge is 0.480 e. The van der Waals surface area contributed by atoms with Crippen LogP contribution in [-0.2, 0) is 22.6 Å². The summed E-state index contributed by atoms with van der Waals surface area (Å²) in [5.41, 5.74) is 1.80. The number of carbonyl (C=O) groups is 2. The van der Waals surface area contributed by atoms with Crippen LogP contribution in [-0.4, -0.2) is 30.1 Å². The number of likely N-dealkylation sites (N-methyl/N-ethyl adjacent to an activating group) is 1. The Labute approximate surface area is 112 Å². The summed E-state index contributed by atoms with van der Waals surface area (Å²) >= 11 is 0. The van der Waals surface area contributed by atoms with Gasteiger partial charge in [-0.2, -0.15) is 0 Å². The van der Waals surface area contributed by atoms with Crippen molar-refractivity contribution in [1.82, 2.24) is 10.6 Å². The normalized spacial score (nSPS) is 11.6. The first-order valence-electron chi connectivity index (χ1n) is 5.95. The van der Waals surface area contributed by atoms with Crippen molar-refractivity contribution in [2.45, 2.75) is 19.0 Å². The van der Waals surface area contributed by atoms with Gasteiger partial charge in [-0.05, 0) is 30.7 Å². The van der Waals surface area contributed by atoms with Crippen molar-refractivity contribution in [2.75, 3.05) is 7.05 Å². The Kier molecular flexibility index (Phi) is 5.75. The van der Waals surface area contributed by atoms with Crippen molar-refractivity contribution in [1.29, 1.82) is 0 Å². The lowest BCUT2D eigenvalue weighted by Crippen LogP contribution is -2.36. The van der Waals surface area contributed by atoms with E-state index in [-0.39, 0.29) is 5.91 Å². The monoisotopic (exact) mass is 262 g/mol. The van der Waals surface area contributed by atoms with E-state index in [0.29, 0.717) is 13.0 Å². The van der Waals surface area contributed by atoms with Crippen molar-refractivity contribution in [3.63, 3.8) is 0 Å². The van der Waals surface area contributed by atoms with Gasteiger partial charge in [-0.15, -0.1) is 0 Å². The number of amides is 1. The molecule has 5 heteroatoms. The highest BCUT2D eigenvalue weighted by Gasteiger charge is 2.16. The van der Waals surface area contributed by atoms with Crippen LogP contribution in [0.5, 0.6) is 0 Å². The minimum Gasteiger partial charge on any atom is -0.480 e. The second-order valence-electron chi connectivity index (χ2n) is 4.07. The Morgan fingerprint density at radius 2 is 2.00 bits per heavy atom. The van der Waals surface area contributed by atoms with E-state index in [1.54, 1.807) is 7.05 Å². The van der Waals surface area contributed by atoms with Gasteiger partial charge in [0.05, 0.1) is 0 Å². The van der Waals surface area contributed by atoms with Crippen molar-refractivity contribution < 1.29 is 14.7 Å². The fraction of sp³-hybridized carbons (Fsp3) is 0.286. The number of carboxylic acids is 1.